The molecule has 4 heterocycles. The van der Waals surface area contributed by atoms with Crippen molar-refractivity contribution < 1.29 is 5.11 Å². The highest BCUT2D eigenvalue weighted by molar-refractivity contribution is 5.79. The summed E-state index contributed by atoms with van der Waals surface area (Å²) in [7, 11) is 0. The summed E-state index contributed by atoms with van der Waals surface area (Å²) in [5, 5.41) is 39.6. The molecule has 0 bridgehead atoms. The summed E-state index contributed by atoms with van der Waals surface area (Å²) in [5.74, 6) is 0.113. The van der Waals surface area contributed by atoms with Gasteiger partial charge in [0.25, 0.3) is 0 Å². The van der Waals surface area contributed by atoms with Crippen molar-refractivity contribution in [1.29, 1.82) is 0 Å². The summed E-state index contributed by atoms with van der Waals surface area (Å²) >= 11 is 0. The van der Waals surface area contributed by atoms with Crippen LogP contribution >= 0.6 is 0 Å². The van der Waals surface area contributed by atoms with Crippen LogP contribution in [0.5, 0.6) is 5.75 Å². The zero-order chi connectivity index (χ0) is 22.5. The van der Waals surface area contributed by atoms with E-state index in [0.29, 0.717) is 22.4 Å². The molecule has 9 nitrogen and oxygen atoms in total. The first-order valence-corrected chi connectivity index (χ1v) is 10.7. The maximum atomic E-state index is 10.7. The Balaban J connectivity index is 1.48. The maximum Gasteiger partial charge on any atom is 0.201 e. The number of aromatic nitrogens is 7. The minimum atomic E-state index is -0.0179. The Bertz CT molecular complexity index is 1270. The number of hydrogen-bond donors (Lipinski definition) is 2. The Hall–Kier alpha value is -3.46. The molecule has 164 valence electrons. The number of phenols is 1. The third-order valence-electron chi connectivity index (χ3n) is 5.93. The Kier molecular flexibility index (Phi) is 4.67. The largest absolute Gasteiger partial charge is 0.507 e. The fraction of sp³-hybridized carbons (Fsp3) is 0.391. The molecule has 9 heteroatoms. The van der Waals surface area contributed by atoms with E-state index in [1.165, 1.54) is 0 Å². The molecule has 1 saturated heterocycles. The number of benzene rings is 1. The molecular formula is C23H26N8O. The number of nitrogens with one attached hydrogen (secondary N) is 1. The Labute approximate surface area is 185 Å². The van der Waals surface area contributed by atoms with Crippen LogP contribution in [0.3, 0.4) is 0 Å². The van der Waals surface area contributed by atoms with Crippen LogP contribution in [-0.4, -0.2) is 51.6 Å². The van der Waals surface area contributed by atoms with Crippen LogP contribution in [0, 0.1) is 0 Å². The summed E-state index contributed by atoms with van der Waals surface area (Å²) in [6, 6.07) is 9.26. The van der Waals surface area contributed by atoms with Crippen LogP contribution in [0.4, 0.5) is 0 Å². The third kappa shape index (κ3) is 3.80. The van der Waals surface area contributed by atoms with E-state index in [9.17, 15) is 5.11 Å². The van der Waals surface area contributed by atoms with E-state index < -0.39 is 0 Å². The van der Waals surface area contributed by atoms with E-state index in [1.54, 1.807) is 18.5 Å². The third-order valence-corrected chi connectivity index (χ3v) is 5.93. The molecule has 5 rings (SSSR count). The number of aromatic hydroxyl groups is 1. The predicted octanol–water partition coefficient (Wildman–Crippen LogP) is 3.53. The van der Waals surface area contributed by atoms with Crippen molar-refractivity contribution in [3.05, 3.63) is 42.7 Å². The number of nitrogens with zero attached hydrogens (tertiary/aromatic N) is 7. The molecule has 1 aliphatic rings. The van der Waals surface area contributed by atoms with Crippen molar-refractivity contribution in [2.45, 2.75) is 57.7 Å². The second-order valence-corrected chi connectivity index (χ2v) is 9.79. The van der Waals surface area contributed by atoms with Gasteiger partial charge in [-0.3, -0.25) is 0 Å². The van der Waals surface area contributed by atoms with Crippen LogP contribution < -0.4 is 5.32 Å². The smallest absolute Gasteiger partial charge is 0.201 e. The molecule has 32 heavy (non-hydrogen) atoms. The molecular weight excluding hydrogens is 404 g/mol. The van der Waals surface area contributed by atoms with E-state index in [1.807, 2.05) is 28.9 Å². The van der Waals surface area contributed by atoms with Gasteiger partial charge in [0.1, 0.15) is 11.3 Å². The minimum Gasteiger partial charge on any atom is -0.507 e. The highest BCUT2D eigenvalue weighted by Crippen LogP contribution is 2.37. The fourth-order valence-corrected chi connectivity index (χ4v) is 4.96. The number of fused-ring (bicyclic) bond motifs is 1. The number of rotatable bonds is 3. The van der Waals surface area contributed by atoms with Crippen molar-refractivity contribution in [3.8, 4) is 28.1 Å². The molecule has 0 spiro atoms. The first-order valence-electron chi connectivity index (χ1n) is 10.7. The highest BCUT2D eigenvalue weighted by Gasteiger charge is 2.39. The molecule has 1 aromatic carbocycles. The number of hydrogen-bond acceptors (Lipinski definition) is 8. The molecule has 0 radical (unpaired) electrons. The van der Waals surface area contributed by atoms with Crippen molar-refractivity contribution in [2.24, 2.45) is 0 Å². The van der Waals surface area contributed by atoms with Gasteiger partial charge in [-0.15, -0.1) is 15.3 Å². The van der Waals surface area contributed by atoms with Gasteiger partial charge in [0.05, 0.1) is 24.1 Å². The van der Waals surface area contributed by atoms with Gasteiger partial charge in [-0.2, -0.15) is 10.2 Å². The highest BCUT2D eigenvalue weighted by atomic mass is 16.3. The molecule has 0 amide bonds. The molecule has 4 aromatic rings. The van der Waals surface area contributed by atoms with E-state index >= 15 is 0 Å². The van der Waals surface area contributed by atoms with E-state index in [4.69, 9.17) is 0 Å². The van der Waals surface area contributed by atoms with Gasteiger partial charge in [0, 0.05) is 22.2 Å². The molecule has 1 aliphatic heterocycles. The summed E-state index contributed by atoms with van der Waals surface area (Å²) in [6.07, 6.45) is 5.12. The lowest BCUT2D eigenvalue weighted by Gasteiger charge is -2.46. The normalized spacial score (nSPS) is 18.1. The number of phenolic OH excluding ortho intramolecular Hbond substituents is 1. The quantitative estimate of drug-likeness (QED) is 0.507. The van der Waals surface area contributed by atoms with E-state index in [0.717, 1.165) is 24.0 Å². The standard InChI is InChI=1S/C23H26N8O/c1-22(2)11-16(12-23(3,4)29-22)31-21-19(27-30-31)10-18(26-28-21)17-6-5-14(9-20(17)32)15-7-8-24-25-13-15/h5-10,13,16,29,32H,11-12H2,1-4H3. The van der Waals surface area contributed by atoms with E-state index in [-0.39, 0.29) is 22.9 Å². The average Bonchev–Trinajstić information content (AvgIpc) is 3.15. The van der Waals surface area contributed by atoms with Crippen molar-refractivity contribution in [3.63, 3.8) is 0 Å². The maximum absolute atomic E-state index is 10.7. The zero-order valence-electron chi connectivity index (χ0n) is 18.6. The summed E-state index contributed by atoms with van der Waals surface area (Å²) in [6.45, 7) is 8.83. The number of piperidine rings is 1. The molecule has 2 N–H and O–H groups in total. The second kappa shape index (κ2) is 7.30. The first kappa shape index (κ1) is 20.4. The Morgan fingerprint density at radius 1 is 0.938 bits per heavy atom. The molecule has 3 aromatic heterocycles. The van der Waals surface area contributed by atoms with Gasteiger partial charge >= 0.3 is 0 Å². The van der Waals surface area contributed by atoms with E-state index in [2.05, 4.69) is 63.7 Å². The van der Waals surface area contributed by atoms with Crippen molar-refractivity contribution in [1.82, 2.24) is 40.7 Å². The SMILES string of the molecule is CC1(C)CC(n2nnc3cc(-c4ccc(-c5ccnnc5)cc4O)nnc32)CC(C)(C)N1. The van der Waals surface area contributed by atoms with Gasteiger partial charge in [-0.25, -0.2) is 4.68 Å². The van der Waals surface area contributed by atoms with Gasteiger partial charge < -0.3 is 10.4 Å². The van der Waals surface area contributed by atoms with Gasteiger partial charge in [0.15, 0.2) is 0 Å². The topological polar surface area (TPSA) is 115 Å². The van der Waals surface area contributed by atoms with Crippen molar-refractivity contribution >= 4 is 11.2 Å². The first-order chi connectivity index (χ1) is 15.2. The minimum absolute atomic E-state index is 0.0179. The molecule has 0 atom stereocenters. The lowest BCUT2D eigenvalue weighted by Crippen LogP contribution is -2.58. The van der Waals surface area contributed by atoms with Crippen molar-refractivity contribution in [2.75, 3.05) is 0 Å². The molecule has 0 unspecified atom stereocenters. The van der Waals surface area contributed by atoms with Crippen LogP contribution in [0.25, 0.3) is 33.5 Å². The molecule has 1 fully saturated rings. The summed E-state index contributed by atoms with van der Waals surface area (Å²) in [5.41, 5.74) is 4.14. The zero-order valence-corrected chi connectivity index (χ0v) is 18.6. The van der Waals surface area contributed by atoms with Gasteiger partial charge in [0.2, 0.25) is 5.65 Å². The predicted molar refractivity (Wildman–Crippen MR) is 121 cm³/mol. The van der Waals surface area contributed by atoms with Gasteiger partial charge in [-0.1, -0.05) is 11.3 Å². The van der Waals surface area contributed by atoms with Crippen LogP contribution in [0.15, 0.2) is 42.7 Å². The lowest BCUT2D eigenvalue weighted by atomic mass is 9.80. The van der Waals surface area contributed by atoms with Crippen LogP contribution in [0.1, 0.15) is 46.6 Å². The van der Waals surface area contributed by atoms with Crippen LogP contribution in [-0.2, 0) is 0 Å². The Morgan fingerprint density at radius 3 is 2.41 bits per heavy atom. The molecule has 0 saturated carbocycles. The average molecular weight is 431 g/mol. The van der Waals surface area contributed by atoms with Gasteiger partial charge in [-0.05, 0) is 70.4 Å². The lowest BCUT2D eigenvalue weighted by molar-refractivity contribution is 0.127. The monoisotopic (exact) mass is 430 g/mol. The summed E-state index contributed by atoms with van der Waals surface area (Å²) in [4.78, 5) is 0. The fourth-order valence-electron chi connectivity index (χ4n) is 4.96. The second-order valence-electron chi connectivity index (χ2n) is 9.79. The van der Waals surface area contributed by atoms with Crippen LogP contribution in [0.2, 0.25) is 0 Å². The Morgan fingerprint density at radius 2 is 1.72 bits per heavy atom. The molecule has 0 aliphatic carbocycles. The summed E-state index contributed by atoms with van der Waals surface area (Å²) < 4.78 is 1.90.